The van der Waals surface area contributed by atoms with Gasteiger partial charge in [0.1, 0.15) is 18.8 Å². The summed E-state index contributed by atoms with van der Waals surface area (Å²) in [7, 11) is 0. The average Bonchev–Trinajstić information content (AvgIpc) is 3.39. The van der Waals surface area contributed by atoms with Crippen molar-refractivity contribution in [1.82, 2.24) is 0 Å². The maximum absolute atomic E-state index is 13.0. The largest absolute Gasteiger partial charge is 0.479 e. The molecule has 0 spiro atoms. The number of allylic oxidation sites excluding steroid dienone is 22. The van der Waals surface area contributed by atoms with Gasteiger partial charge in [-0.1, -0.05) is 206 Å². The summed E-state index contributed by atoms with van der Waals surface area (Å²) in [5, 5.41) is 31.4. The van der Waals surface area contributed by atoms with E-state index in [1.165, 1.54) is 25.7 Å². The Bertz CT molecular complexity index is 1810. The van der Waals surface area contributed by atoms with E-state index >= 15 is 0 Å². The second kappa shape index (κ2) is 49.7. The van der Waals surface area contributed by atoms with Crippen LogP contribution in [0.3, 0.4) is 0 Å². The minimum absolute atomic E-state index is 0.0767. The van der Waals surface area contributed by atoms with Crippen LogP contribution in [0.5, 0.6) is 0 Å². The Morgan fingerprint density at radius 2 is 0.867 bits per heavy atom. The molecule has 0 aromatic heterocycles. The van der Waals surface area contributed by atoms with Gasteiger partial charge in [-0.25, -0.2) is 4.79 Å². The fourth-order valence-corrected chi connectivity index (χ4v) is 7.49. The summed E-state index contributed by atoms with van der Waals surface area (Å²) >= 11 is 0. The number of aliphatic hydroxyl groups excluding tert-OH is 2. The molecule has 6 atom stereocenters. The zero-order valence-corrected chi connectivity index (χ0v) is 46.0. The molecule has 0 aromatic rings. The van der Waals surface area contributed by atoms with Gasteiger partial charge in [0.25, 0.3) is 0 Å². The summed E-state index contributed by atoms with van der Waals surface area (Å²) < 4.78 is 28.2. The molecule has 1 heterocycles. The van der Waals surface area contributed by atoms with Crippen LogP contribution >= 0.6 is 0 Å². The second-order valence-corrected chi connectivity index (χ2v) is 18.5. The summed E-state index contributed by atoms with van der Waals surface area (Å²) in [5.41, 5.74) is 0. The van der Waals surface area contributed by atoms with Gasteiger partial charge in [0.05, 0.1) is 6.61 Å². The quantitative estimate of drug-likeness (QED) is 0.0228. The van der Waals surface area contributed by atoms with Crippen LogP contribution in [0.2, 0.25) is 0 Å². The highest BCUT2D eigenvalue weighted by atomic mass is 16.7. The molecule has 0 aliphatic carbocycles. The first-order chi connectivity index (χ1) is 36.6. The normalized spacial score (nSPS) is 19.2. The highest BCUT2D eigenvalue weighted by Crippen LogP contribution is 2.26. The third-order valence-electron chi connectivity index (χ3n) is 11.7. The van der Waals surface area contributed by atoms with E-state index in [4.69, 9.17) is 23.7 Å². The van der Waals surface area contributed by atoms with Gasteiger partial charge < -0.3 is 39.0 Å². The smallest absolute Gasteiger partial charge is 0.335 e. The van der Waals surface area contributed by atoms with E-state index in [2.05, 4.69) is 124 Å². The Hall–Kier alpha value is -5.14. The molecule has 1 aliphatic heterocycles. The second-order valence-electron chi connectivity index (χ2n) is 18.5. The Balaban J connectivity index is 2.75. The number of hydrogen-bond acceptors (Lipinski definition) is 11. The number of aliphatic carboxylic acids is 1. The van der Waals surface area contributed by atoms with Crippen molar-refractivity contribution in [2.24, 2.45) is 0 Å². The molecule has 0 radical (unpaired) electrons. The van der Waals surface area contributed by atoms with Crippen molar-refractivity contribution in [1.29, 1.82) is 0 Å². The molecule has 1 rings (SSSR count). The predicted molar refractivity (Wildman–Crippen MR) is 303 cm³/mol. The number of rotatable bonds is 45. The SMILES string of the molecule is CC/C=C\C/C=C\C/C=C\C/C=C\C/C=C\C/C=C\CCC(=O)OC1C(OCC(COC(=O)CCC/C=C\C/C=C\C/C=C\C/C=C\C/C=C\CC)OC(=O)CCCCCCCCCCC)OC(C(=O)O)C(O)C1O. The minimum atomic E-state index is -1.94. The molecule has 3 N–H and O–H groups in total. The van der Waals surface area contributed by atoms with Gasteiger partial charge in [0.2, 0.25) is 0 Å². The van der Waals surface area contributed by atoms with Gasteiger partial charge in [-0.05, 0) is 96.3 Å². The highest BCUT2D eigenvalue weighted by Gasteiger charge is 2.50. The molecule has 0 bridgehead atoms. The Morgan fingerprint density at radius 3 is 1.32 bits per heavy atom. The lowest BCUT2D eigenvalue weighted by Crippen LogP contribution is -2.61. The van der Waals surface area contributed by atoms with Crippen molar-refractivity contribution in [3.63, 3.8) is 0 Å². The fourth-order valence-electron chi connectivity index (χ4n) is 7.49. The monoisotopic (exact) mass is 1040 g/mol. The maximum atomic E-state index is 13.0. The number of carboxylic acids is 1. The van der Waals surface area contributed by atoms with Gasteiger partial charge in [-0.15, -0.1) is 0 Å². The van der Waals surface area contributed by atoms with E-state index in [1.807, 2.05) is 30.4 Å². The number of aliphatic hydroxyl groups is 2. The first kappa shape index (κ1) is 67.9. The van der Waals surface area contributed by atoms with Crippen molar-refractivity contribution in [3.8, 4) is 0 Å². The third-order valence-corrected chi connectivity index (χ3v) is 11.7. The van der Waals surface area contributed by atoms with Crippen molar-refractivity contribution < 1.29 is 58.2 Å². The Morgan fingerprint density at radius 1 is 0.453 bits per heavy atom. The van der Waals surface area contributed by atoms with Crippen LogP contribution in [0.15, 0.2) is 134 Å². The number of esters is 3. The predicted octanol–water partition coefficient (Wildman–Crippen LogP) is 14.2. The molecule has 0 saturated carbocycles. The van der Waals surface area contributed by atoms with Crippen LogP contribution in [0.4, 0.5) is 0 Å². The third kappa shape index (κ3) is 39.9. The number of ether oxygens (including phenoxy) is 5. The molecule has 1 saturated heterocycles. The molecule has 420 valence electrons. The van der Waals surface area contributed by atoms with Crippen LogP contribution in [0.1, 0.15) is 188 Å². The number of hydrogen-bond donors (Lipinski definition) is 3. The van der Waals surface area contributed by atoms with Crippen molar-refractivity contribution in [2.45, 2.75) is 225 Å². The van der Waals surface area contributed by atoms with Gasteiger partial charge in [0.15, 0.2) is 24.6 Å². The molecule has 0 amide bonds. The first-order valence-electron chi connectivity index (χ1n) is 28.2. The average molecular weight is 1050 g/mol. The summed E-state index contributed by atoms with van der Waals surface area (Å²) in [4.78, 5) is 50.9. The Labute approximate surface area is 451 Å². The van der Waals surface area contributed by atoms with Gasteiger partial charge in [-0.2, -0.15) is 0 Å². The van der Waals surface area contributed by atoms with E-state index in [0.29, 0.717) is 32.1 Å². The molecular formula is C63H96O12. The van der Waals surface area contributed by atoms with Gasteiger partial charge in [-0.3, -0.25) is 14.4 Å². The van der Waals surface area contributed by atoms with Gasteiger partial charge in [0, 0.05) is 19.3 Å². The molecule has 12 heteroatoms. The molecule has 12 nitrogen and oxygen atoms in total. The van der Waals surface area contributed by atoms with Crippen LogP contribution in [0, 0.1) is 0 Å². The molecular weight excluding hydrogens is 949 g/mol. The van der Waals surface area contributed by atoms with E-state index in [1.54, 1.807) is 0 Å². The first-order valence-corrected chi connectivity index (χ1v) is 28.2. The lowest BCUT2D eigenvalue weighted by atomic mass is 9.98. The van der Waals surface area contributed by atoms with Crippen molar-refractivity contribution >= 4 is 23.9 Å². The number of carbonyl (C=O) groups is 4. The number of unbranched alkanes of at least 4 members (excludes halogenated alkanes) is 9. The molecule has 6 unspecified atom stereocenters. The van der Waals surface area contributed by atoms with Crippen molar-refractivity contribution in [2.75, 3.05) is 13.2 Å². The highest BCUT2D eigenvalue weighted by molar-refractivity contribution is 5.74. The van der Waals surface area contributed by atoms with E-state index in [-0.39, 0.29) is 25.9 Å². The maximum Gasteiger partial charge on any atom is 0.335 e. The van der Waals surface area contributed by atoms with Crippen LogP contribution < -0.4 is 0 Å². The summed E-state index contributed by atoms with van der Waals surface area (Å²) in [6.45, 7) is 5.63. The number of carbonyl (C=O) groups excluding carboxylic acids is 3. The molecule has 0 aromatic carbocycles. The van der Waals surface area contributed by atoms with Crippen LogP contribution in [-0.2, 0) is 42.9 Å². The minimum Gasteiger partial charge on any atom is -0.479 e. The lowest BCUT2D eigenvalue weighted by Gasteiger charge is -2.40. The summed E-state index contributed by atoms with van der Waals surface area (Å²) in [6.07, 6.45) is 57.4. The van der Waals surface area contributed by atoms with Gasteiger partial charge >= 0.3 is 23.9 Å². The van der Waals surface area contributed by atoms with Crippen LogP contribution in [0.25, 0.3) is 0 Å². The summed E-state index contributed by atoms with van der Waals surface area (Å²) in [6, 6.07) is 0. The molecule has 1 fully saturated rings. The standard InChI is InChI=1S/C63H96O12/c1-4-7-10-13-16-19-21-23-25-27-28-30-32-34-36-39-42-45-48-51-57(66)74-61-59(68)58(67)60(62(69)70)75-63(61)72-53-54(73-56(65)50-47-44-41-37-18-15-12-9-6-3)52-71-55(64)49-46-43-40-38-35-33-31-29-26-24-22-20-17-14-11-8-5-2/h7-8,10-11,16-17,19-20,23-26,28,30-31,33-34,36,38,40,42,45,54,58-61,63,67-68H,4-6,9,12-15,18,21-22,27,29,32,35,37,39,41,43-44,46-53H2,1-3H3,(H,69,70)/b10-7-,11-8-,19-16-,20-17-,25-23-,26-24-,30-28-,33-31-,36-34-,40-38-,45-42-. The fraction of sp³-hybridized carbons (Fsp3) is 0.587. The summed E-state index contributed by atoms with van der Waals surface area (Å²) in [5.74, 6) is -3.33. The topological polar surface area (TPSA) is 175 Å². The molecule has 1 aliphatic rings. The Kier molecular flexibility index (Phi) is 45.0. The van der Waals surface area contributed by atoms with E-state index in [9.17, 15) is 34.5 Å². The zero-order chi connectivity index (χ0) is 54.7. The van der Waals surface area contributed by atoms with E-state index < -0.39 is 67.3 Å². The lowest BCUT2D eigenvalue weighted by molar-refractivity contribution is -0.301. The van der Waals surface area contributed by atoms with E-state index in [0.717, 1.165) is 89.9 Å². The zero-order valence-electron chi connectivity index (χ0n) is 46.0. The molecule has 75 heavy (non-hydrogen) atoms. The van der Waals surface area contributed by atoms with Crippen molar-refractivity contribution in [3.05, 3.63) is 134 Å². The number of carboxylic acid groups (broad SMARTS) is 1. The van der Waals surface area contributed by atoms with Crippen LogP contribution in [-0.4, -0.2) is 89.2 Å².